The fraction of sp³-hybridized carbons (Fsp3) is 0.579. The Labute approximate surface area is 142 Å². The first-order chi connectivity index (χ1) is 11.6. The van der Waals surface area contributed by atoms with E-state index in [1.807, 2.05) is 29.2 Å². The molecule has 2 saturated carbocycles. The maximum absolute atomic E-state index is 12.5. The quantitative estimate of drug-likeness (QED) is 0.903. The van der Waals surface area contributed by atoms with Gasteiger partial charge in [-0.25, -0.2) is 4.79 Å². The highest BCUT2D eigenvalue weighted by atomic mass is 16.4. The maximum atomic E-state index is 12.5. The van der Waals surface area contributed by atoms with Gasteiger partial charge in [-0.1, -0.05) is 12.1 Å². The lowest BCUT2D eigenvalue weighted by Crippen LogP contribution is -2.34. The average Bonchev–Trinajstić information content (AvgIpc) is 3.50. The summed E-state index contributed by atoms with van der Waals surface area (Å²) in [5.41, 5.74) is 1.84. The molecule has 1 aliphatic heterocycles. The SMILES string of the molecule is O=C(c1cccc([C@@H]2C[C@H]2N(CC2CC2)C(=O)O)c1)N1CCCC1. The van der Waals surface area contributed by atoms with Gasteiger partial charge < -0.3 is 14.9 Å². The Kier molecular flexibility index (Phi) is 3.94. The fourth-order valence-electron chi connectivity index (χ4n) is 3.82. The lowest BCUT2D eigenvalue weighted by molar-refractivity contribution is 0.0792. The average molecular weight is 328 g/mol. The molecule has 1 aromatic rings. The predicted molar refractivity (Wildman–Crippen MR) is 90.2 cm³/mol. The van der Waals surface area contributed by atoms with Crippen molar-refractivity contribution in [3.05, 3.63) is 35.4 Å². The Balaban J connectivity index is 1.46. The number of hydrogen-bond donors (Lipinski definition) is 1. The number of carbonyl (C=O) groups is 2. The first-order valence-corrected chi connectivity index (χ1v) is 9.02. The molecule has 3 fully saturated rings. The van der Waals surface area contributed by atoms with Gasteiger partial charge in [0.15, 0.2) is 0 Å². The van der Waals surface area contributed by atoms with E-state index in [1.54, 1.807) is 4.90 Å². The molecule has 1 saturated heterocycles. The van der Waals surface area contributed by atoms with Gasteiger partial charge in [-0.15, -0.1) is 0 Å². The zero-order chi connectivity index (χ0) is 16.7. The minimum absolute atomic E-state index is 0.0836. The second-order valence-electron chi connectivity index (χ2n) is 7.41. The highest BCUT2D eigenvalue weighted by Crippen LogP contribution is 2.46. The summed E-state index contributed by atoms with van der Waals surface area (Å²) in [5.74, 6) is 0.913. The van der Waals surface area contributed by atoms with Crippen molar-refractivity contribution in [3.8, 4) is 0 Å². The topological polar surface area (TPSA) is 60.9 Å². The molecule has 0 unspecified atom stereocenters. The number of hydrogen-bond acceptors (Lipinski definition) is 2. The third kappa shape index (κ3) is 3.12. The molecule has 0 bridgehead atoms. The molecule has 5 heteroatoms. The van der Waals surface area contributed by atoms with Gasteiger partial charge in [0.1, 0.15) is 0 Å². The largest absolute Gasteiger partial charge is 0.465 e. The van der Waals surface area contributed by atoms with Crippen molar-refractivity contribution in [1.82, 2.24) is 9.80 Å². The molecule has 24 heavy (non-hydrogen) atoms. The highest BCUT2D eigenvalue weighted by Gasteiger charge is 2.46. The minimum Gasteiger partial charge on any atom is -0.465 e. The lowest BCUT2D eigenvalue weighted by Gasteiger charge is -2.19. The summed E-state index contributed by atoms with van der Waals surface area (Å²) in [6.45, 7) is 2.37. The Morgan fingerprint density at radius 2 is 1.96 bits per heavy atom. The van der Waals surface area contributed by atoms with Gasteiger partial charge >= 0.3 is 6.09 Å². The number of benzene rings is 1. The summed E-state index contributed by atoms with van der Waals surface area (Å²) in [4.78, 5) is 27.6. The summed E-state index contributed by atoms with van der Waals surface area (Å²) in [5, 5.41) is 9.48. The molecule has 5 nitrogen and oxygen atoms in total. The van der Waals surface area contributed by atoms with E-state index in [2.05, 4.69) is 0 Å². The summed E-state index contributed by atoms with van der Waals surface area (Å²) in [6.07, 6.45) is 4.55. The van der Waals surface area contributed by atoms with Gasteiger partial charge in [0.2, 0.25) is 0 Å². The van der Waals surface area contributed by atoms with Crippen LogP contribution in [0.25, 0.3) is 0 Å². The van der Waals surface area contributed by atoms with Crippen molar-refractivity contribution in [3.63, 3.8) is 0 Å². The Morgan fingerprint density at radius 1 is 1.21 bits per heavy atom. The number of carbonyl (C=O) groups excluding carboxylic acids is 1. The predicted octanol–water partition coefficient (Wildman–Crippen LogP) is 3.17. The van der Waals surface area contributed by atoms with E-state index in [1.165, 1.54) is 0 Å². The van der Waals surface area contributed by atoms with Gasteiger partial charge in [0.05, 0.1) is 0 Å². The summed E-state index contributed by atoms with van der Waals surface area (Å²) < 4.78 is 0. The van der Waals surface area contributed by atoms with Crippen molar-refractivity contribution in [2.75, 3.05) is 19.6 Å². The molecular weight excluding hydrogens is 304 g/mol. The van der Waals surface area contributed by atoms with Gasteiger partial charge in [0.25, 0.3) is 5.91 Å². The van der Waals surface area contributed by atoms with Crippen molar-refractivity contribution in [1.29, 1.82) is 0 Å². The van der Waals surface area contributed by atoms with Crippen molar-refractivity contribution in [2.24, 2.45) is 5.92 Å². The van der Waals surface area contributed by atoms with E-state index in [0.717, 1.165) is 56.3 Å². The second-order valence-corrected chi connectivity index (χ2v) is 7.41. The molecule has 0 spiro atoms. The van der Waals surface area contributed by atoms with E-state index in [9.17, 15) is 14.7 Å². The number of likely N-dealkylation sites (tertiary alicyclic amines) is 1. The normalized spacial score (nSPS) is 25.6. The molecule has 0 radical (unpaired) electrons. The minimum atomic E-state index is -0.807. The molecule has 4 rings (SSSR count). The molecule has 1 heterocycles. The molecule has 2 aliphatic carbocycles. The summed E-state index contributed by atoms with van der Waals surface area (Å²) >= 11 is 0. The first-order valence-electron chi connectivity index (χ1n) is 9.02. The first kappa shape index (κ1) is 15.5. The summed E-state index contributed by atoms with van der Waals surface area (Å²) in [7, 11) is 0. The van der Waals surface area contributed by atoms with E-state index < -0.39 is 6.09 Å². The van der Waals surface area contributed by atoms with Crippen LogP contribution in [-0.4, -0.2) is 52.6 Å². The van der Waals surface area contributed by atoms with Crippen LogP contribution in [-0.2, 0) is 0 Å². The molecule has 128 valence electrons. The van der Waals surface area contributed by atoms with Gasteiger partial charge in [-0.3, -0.25) is 4.79 Å². The second kappa shape index (κ2) is 6.11. The van der Waals surface area contributed by atoms with Crippen LogP contribution in [0.15, 0.2) is 24.3 Å². The van der Waals surface area contributed by atoms with Crippen LogP contribution in [0.4, 0.5) is 4.79 Å². The maximum Gasteiger partial charge on any atom is 0.407 e. The van der Waals surface area contributed by atoms with Crippen LogP contribution in [0, 0.1) is 5.92 Å². The van der Waals surface area contributed by atoms with E-state index in [0.29, 0.717) is 12.5 Å². The van der Waals surface area contributed by atoms with Crippen LogP contribution in [0.5, 0.6) is 0 Å². The molecular formula is C19H24N2O3. The molecule has 1 aromatic carbocycles. The smallest absolute Gasteiger partial charge is 0.407 e. The zero-order valence-electron chi connectivity index (χ0n) is 13.9. The van der Waals surface area contributed by atoms with E-state index >= 15 is 0 Å². The fourth-order valence-corrected chi connectivity index (χ4v) is 3.82. The van der Waals surface area contributed by atoms with E-state index in [-0.39, 0.29) is 17.9 Å². The van der Waals surface area contributed by atoms with Gasteiger partial charge in [-0.2, -0.15) is 0 Å². The number of amides is 2. The van der Waals surface area contributed by atoms with E-state index in [4.69, 9.17) is 0 Å². The van der Waals surface area contributed by atoms with Crippen molar-refractivity contribution in [2.45, 2.75) is 44.1 Å². The Morgan fingerprint density at radius 3 is 2.62 bits per heavy atom. The Bertz CT molecular complexity index is 650. The van der Waals surface area contributed by atoms with Crippen LogP contribution >= 0.6 is 0 Å². The van der Waals surface area contributed by atoms with Crippen molar-refractivity contribution < 1.29 is 14.7 Å². The standard InChI is InChI=1S/C19H24N2O3/c22-18(20-8-1-2-9-20)15-5-3-4-14(10-15)16-11-17(16)21(19(23)24)12-13-6-7-13/h3-5,10,13,16-17H,1-2,6-9,11-12H2,(H,23,24)/t16-,17+/m0/s1. The van der Waals surface area contributed by atoms with Gasteiger partial charge in [-0.05, 0) is 55.7 Å². The van der Waals surface area contributed by atoms with Crippen molar-refractivity contribution >= 4 is 12.0 Å². The number of nitrogens with zero attached hydrogens (tertiary/aromatic N) is 2. The third-order valence-corrected chi connectivity index (χ3v) is 5.51. The zero-order valence-corrected chi connectivity index (χ0v) is 13.9. The highest BCUT2D eigenvalue weighted by molar-refractivity contribution is 5.94. The Hall–Kier alpha value is -2.04. The molecule has 0 aromatic heterocycles. The molecule has 3 aliphatic rings. The molecule has 1 N–H and O–H groups in total. The number of carboxylic acid groups (broad SMARTS) is 1. The van der Waals surface area contributed by atoms with Crippen LogP contribution in [0.3, 0.4) is 0 Å². The van der Waals surface area contributed by atoms with Crippen LogP contribution in [0.2, 0.25) is 0 Å². The molecule has 2 atom stereocenters. The lowest BCUT2D eigenvalue weighted by atomic mass is 10.1. The molecule has 2 amide bonds. The van der Waals surface area contributed by atoms with Crippen LogP contribution in [0.1, 0.15) is 53.9 Å². The summed E-state index contributed by atoms with van der Waals surface area (Å²) in [6, 6.07) is 7.89. The van der Waals surface area contributed by atoms with Crippen LogP contribution < -0.4 is 0 Å². The monoisotopic (exact) mass is 328 g/mol. The third-order valence-electron chi connectivity index (χ3n) is 5.51. The van der Waals surface area contributed by atoms with Gasteiger partial charge in [0, 0.05) is 37.2 Å². The number of rotatable bonds is 5.